The molecule has 5 nitrogen and oxygen atoms in total. The van der Waals surface area contributed by atoms with E-state index in [1.165, 1.54) is 11.3 Å². The fraction of sp³-hybridized carbons (Fsp3) is 0.238. The van der Waals surface area contributed by atoms with Crippen molar-refractivity contribution < 1.29 is 14.6 Å². The third-order valence-corrected chi connectivity index (χ3v) is 5.17. The maximum atomic E-state index is 12.7. The normalized spacial score (nSPS) is 10.6. The molecule has 2 aromatic carbocycles. The van der Waals surface area contributed by atoms with Crippen molar-refractivity contribution >= 4 is 28.8 Å². The number of halogens is 1. The number of hydrogen-bond acceptors (Lipinski definition) is 5. The summed E-state index contributed by atoms with van der Waals surface area (Å²) in [7, 11) is 0. The van der Waals surface area contributed by atoms with Gasteiger partial charge in [0.15, 0.2) is 0 Å². The van der Waals surface area contributed by atoms with Gasteiger partial charge in [-0.3, -0.25) is 4.79 Å². The van der Waals surface area contributed by atoms with Gasteiger partial charge >= 0.3 is 0 Å². The van der Waals surface area contributed by atoms with Crippen LogP contribution in [0.1, 0.15) is 16.3 Å². The van der Waals surface area contributed by atoms with E-state index in [9.17, 15) is 9.90 Å². The van der Waals surface area contributed by atoms with Crippen molar-refractivity contribution in [1.29, 1.82) is 0 Å². The summed E-state index contributed by atoms with van der Waals surface area (Å²) >= 11 is 7.32. The predicted octanol–water partition coefficient (Wildman–Crippen LogP) is 3.94. The predicted molar refractivity (Wildman–Crippen MR) is 111 cm³/mol. The number of nitrogens with zero attached hydrogens (tertiary/aromatic N) is 2. The van der Waals surface area contributed by atoms with Gasteiger partial charge in [0.1, 0.15) is 17.4 Å². The van der Waals surface area contributed by atoms with Gasteiger partial charge < -0.3 is 14.7 Å². The molecule has 0 spiro atoms. The van der Waals surface area contributed by atoms with E-state index in [4.69, 9.17) is 16.3 Å². The third kappa shape index (κ3) is 6.05. The van der Waals surface area contributed by atoms with Crippen molar-refractivity contribution in [1.82, 2.24) is 9.88 Å². The number of amides is 1. The maximum absolute atomic E-state index is 12.7. The minimum atomic E-state index is -0.0736. The first-order chi connectivity index (χ1) is 13.6. The molecule has 0 atom stereocenters. The summed E-state index contributed by atoms with van der Waals surface area (Å²) in [6.45, 7) is 1.03. The fourth-order valence-corrected chi connectivity index (χ4v) is 3.49. The van der Waals surface area contributed by atoms with Crippen molar-refractivity contribution in [3.05, 3.63) is 81.3 Å². The van der Waals surface area contributed by atoms with Crippen LogP contribution in [0.2, 0.25) is 5.02 Å². The molecule has 0 aliphatic carbocycles. The summed E-state index contributed by atoms with van der Waals surface area (Å²) < 4.78 is 5.69. The molecular formula is C21H21ClN2O3S. The van der Waals surface area contributed by atoms with E-state index in [0.29, 0.717) is 36.2 Å². The SMILES string of the molecule is O=C(Cc1csc(COc2ccc(Cl)cc2)n1)N(CCO)Cc1ccccc1. The molecule has 1 heterocycles. The molecule has 0 saturated carbocycles. The van der Waals surface area contributed by atoms with Gasteiger partial charge in [0.05, 0.1) is 18.7 Å². The molecular weight excluding hydrogens is 396 g/mol. The maximum Gasteiger partial charge on any atom is 0.228 e. The molecule has 0 bridgehead atoms. The summed E-state index contributed by atoms with van der Waals surface area (Å²) in [5, 5.41) is 12.6. The molecule has 7 heteroatoms. The second-order valence-electron chi connectivity index (χ2n) is 6.18. The Balaban J connectivity index is 1.56. The first kappa shape index (κ1) is 20.3. The third-order valence-electron chi connectivity index (χ3n) is 4.05. The highest BCUT2D eigenvalue weighted by Gasteiger charge is 2.16. The van der Waals surface area contributed by atoms with Crippen molar-refractivity contribution in [3.63, 3.8) is 0 Å². The van der Waals surface area contributed by atoms with Gasteiger partial charge in [-0.25, -0.2) is 4.98 Å². The monoisotopic (exact) mass is 416 g/mol. The lowest BCUT2D eigenvalue weighted by atomic mass is 10.2. The summed E-state index contributed by atoms with van der Waals surface area (Å²) in [5.74, 6) is 0.655. The number of carbonyl (C=O) groups excluding carboxylic acids is 1. The van der Waals surface area contributed by atoms with E-state index in [2.05, 4.69) is 4.98 Å². The van der Waals surface area contributed by atoms with Crippen molar-refractivity contribution in [2.75, 3.05) is 13.2 Å². The molecule has 0 unspecified atom stereocenters. The molecule has 1 amide bonds. The highest BCUT2D eigenvalue weighted by Crippen LogP contribution is 2.19. The first-order valence-electron chi connectivity index (χ1n) is 8.88. The first-order valence-corrected chi connectivity index (χ1v) is 10.1. The van der Waals surface area contributed by atoms with Crippen LogP contribution in [0.15, 0.2) is 60.0 Å². The molecule has 0 fully saturated rings. The molecule has 146 valence electrons. The van der Waals surface area contributed by atoms with Crippen LogP contribution < -0.4 is 4.74 Å². The van der Waals surface area contributed by atoms with E-state index in [1.54, 1.807) is 29.2 Å². The Bertz CT molecular complexity index is 884. The van der Waals surface area contributed by atoms with Crippen LogP contribution in [-0.4, -0.2) is 34.0 Å². The molecule has 1 N–H and O–H groups in total. The molecule has 28 heavy (non-hydrogen) atoms. The topological polar surface area (TPSA) is 62.7 Å². The average Bonchev–Trinajstić information content (AvgIpc) is 3.15. The van der Waals surface area contributed by atoms with Crippen molar-refractivity contribution in [3.8, 4) is 5.75 Å². The van der Waals surface area contributed by atoms with Crippen LogP contribution >= 0.6 is 22.9 Å². The van der Waals surface area contributed by atoms with Gasteiger partial charge in [-0.15, -0.1) is 11.3 Å². The van der Waals surface area contributed by atoms with Crippen LogP contribution in [0, 0.1) is 0 Å². The summed E-state index contributed by atoms with van der Waals surface area (Å²) in [6.07, 6.45) is 0.199. The van der Waals surface area contributed by atoms with Gasteiger partial charge in [0, 0.05) is 23.5 Å². The van der Waals surface area contributed by atoms with E-state index in [0.717, 1.165) is 10.6 Å². The van der Waals surface area contributed by atoms with E-state index < -0.39 is 0 Å². The average molecular weight is 417 g/mol. The van der Waals surface area contributed by atoms with E-state index in [1.807, 2.05) is 35.7 Å². The van der Waals surface area contributed by atoms with E-state index in [-0.39, 0.29) is 18.9 Å². The Morgan fingerprint density at radius 1 is 1.14 bits per heavy atom. The number of benzene rings is 2. The summed E-state index contributed by atoms with van der Waals surface area (Å²) in [4.78, 5) is 18.8. The largest absolute Gasteiger partial charge is 0.486 e. The van der Waals surface area contributed by atoms with E-state index >= 15 is 0 Å². The van der Waals surface area contributed by atoms with Crippen LogP contribution in [0.4, 0.5) is 0 Å². The Labute approximate surface area is 173 Å². The minimum Gasteiger partial charge on any atom is -0.486 e. The van der Waals surface area contributed by atoms with Gasteiger partial charge in [0.2, 0.25) is 5.91 Å². The number of ether oxygens (including phenoxy) is 1. The zero-order valence-electron chi connectivity index (χ0n) is 15.3. The smallest absolute Gasteiger partial charge is 0.228 e. The molecule has 0 aliphatic rings. The van der Waals surface area contributed by atoms with Crippen LogP contribution in [0.25, 0.3) is 0 Å². The number of aromatic nitrogens is 1. The van der Waals surface area contributed by atoms with Gasteiger partial charge in [-0.1, -0.05) is 41.9 Å². The molecule has 0 radical (unpaired) electrons. The van der Waals surface area contributed by atoms with Gasteiger partial charge in [0.25, 0.3) is 0 Å². The summed E-state index contributed by atoms with van der Waals surface area (Å²) in [6, 6.07) is 16.9. The van der Waals surface area contributed by atoms with Gasteiger partial charge in [-0.05, 0) is 29.8 Å². The summed E-state index contributed by atoms with van der Waals surface area (Å²) in [5.41, 5.74) is 1.74. The van der Waals surface area contributed by atoms with Gasteiger partial charge in [-0.2, -0.15) is 0 Å². The Morgan fingerprint density at radius 3 is 2.61 bits per heavy atom. The van der Waals surface area contributed by atoms with Crippen LogP contribution in [0.5, 0.6) is 5.75 Å². The highest BCUT2D eigenvalue weighted by molar-refractivity contribution is 7.09. The molecule has 3 aromatic rings. The standard InChI is InChI=1S/C21H21ClN2O3S/c22-17-6-8-19(9-7-17)27-14-20-23-18(15-28-20)12-21(26)24(10-11-25)13-16-4-2-1-3-5-16/h1-9,15,25H,10-14H2. The van der Waals surface area contributed by atoms with Crippen molar-refractivity contribution in [2.45, 2.75) is 19.6 Å². The second kappa shape index (κ2) is 10.2. The molecule has 1 aromatic heterocycles. The lowest BCUT2D eigenvalue weighted by Gasteiger charge is -2.21. The Kier molecular flexibility index (Phi) is 7.42. The highest BCUT2D eigenvalue weighted by atomic mass is 35.5. The van der Waals surface area contributed by atoms with Crippen LogP contribution in [-0.2, 0) is 24.4 Å². The lowest BCUT2D eigenvalue weighted by molar-refractivity contribution is -0.131. The van der Waals surface area contributed by atoms with Crippen molar-refractivity contribution in [2.24, 2.45) is 0 Å². The number of hydrogen-bond donors (Lipinski definition) is 1. The Hall–Kier alpha value is -2.41. The number of aliphatic hydroxyl groups excluding tert-OH is 1. The number of carbonyl (C=O) groups is 1. The Morgan fingerprint density at radius 2 is 1.89 bits per heavy atom. The van der Waals surface area contributed by atoms with Crippen LogP contribution in [0.3, 0.4) is 0 Å². The fourth-order valence-electron chi connectivity index (χ4n) is 2.66. The lowest BCUT2D eigenvalue weighted by Crippen LogP contribution is -2.34. The second-order valence-corrected chi connectivity index (χ2v) is 7.56. The zero-order chi connectivity index (χ0) is 19.8. The number of aliphatic hydroxyl groups is 1. The number of rotatable bonds is 9. The quantitative estimate of drug-likeness (QED) is 0.574. The molecule has 3 rings (SSSR count). The molecule has 0 aliphatic heterocycles. The zero-order valence-corrected chi connectivity index (χ0v) is 16.8. The number of thiazole rings is 1. The minimum absolute atomic E-state index is 0.0617. The molecule has 0 saturated heterocycles.